The van der Waals surface area contributed by atoms with E-state index in [1.807, 2.05) is 0 Å². The van der Waals surface area contributed by atoms with Gasteiger partial charge in [-0.3, -0.25) is 4.90 Å². The van der Waals surface area contributed by atoms with E-state index in [0.29, 0.717) is 18.1 Å². The van der Waals surface area contributed by atoms with Gasteiger partial charge in [-0.25, -0.2) is 0 Å². The van der Waals surface area contributed by atoms with Gasteiger partial charge in [-0.05, 0) is 39.7 Å². The van der Waals surface area contributed by atoms with Crippen molar-refractivity contribution >= 4 is 0 Å². The second-order valence-electron chi connectivity index (χ2n) is 7.31. The molecule has 1 saturated carbocycles. The number of rotatable bonds is 4. The molecular formula is C16H33N3O. The van der Waals surface area contributed by atoms with Crippen LogP contribution in [0.3, 0.4) is 0 Å². The zero-order chi connectivity index (χ0) is 14.8. The van der Waals surface area contributed by atoms with Crippen LogP contribution in [0.1, 0.15) is 46.5 Å². The van der Waals surface area contributed by atoms with Crippen molar-refractivity contribution < 1.29 is 5.11 Å². The molecule has 1 aliphatic carbocycles. The highest BCUT2D eigenvalue weighted by atomic mass is 16.3. The summed E-state index contributed by atoms with van der Waals surface area (Å²) in [7, 11) is 2.22. The average molecular weight is 283 g/mol. The molecule has 0 aromatic carbocycles. The molecule has 2 N–H and O–H groups in total. The zero-order valence-corrected chi connectivity index (χ0v) is 13.7. The van der Waals surface area contributed by atoms with Gasteiger partial charge in [-0.15, -0.1) is 0 Å². The first-order valence-electron chi connectivity index (χ1n) is 8.28. The summed E-state index contributed by atoms with van der Waals surface area (Å²) < 4.78 is 0. The van der Waals surface area contributed by atoms with E-state index in [9.17, 15) is 5.11 Å². The van der Waals surface area contributed by atoms with Gasteiger partial charge >= 0.3 is 0 Å². The van der Waals surface area contributed by atoms with Gasteiger partial charge in [0.25, 0.3) is 0 Å². The first-order valence-corrected chi connectivity index (χ1v) is 8.28. The molecule has 4 heteroatoms. The number of piperazine rings is 1. The van der Waals surface area contributed by atoms with E-state index in [4.69, 9.17) is 0 Å². The Morgan fingerprint density at radius 3 is 2.70 bits per heavy atom. The first-order chi connectivity index (χ1) is 9.46. The molecule has 0 aromatic rings. The second-order valence-corrected chi connectivity index (χ2v) is 7.31. The van der Waals surface area contributed by atoms with Crippen LogP contribution in [0.15, 0.2) is 0 Å². The minimum Gasteiger partial charge on any atom is -0.394 e. The molecule has 1 saturated heterocycles. The molecule has 2 aliphatic rings. The number of nitrogens with one attached hydrogen (secondary N) is 1. The molecule has 0 bridgehead atoms. The Labute approximate surface area is 124 Å². The summed E-state index contributed by atoms with van der Waals surface area (Å²) in [6.45, 7) is 10.5. The third-order valence-corrected chi connectivity index (χ3v) is 5.22. The van der Waals surface area contributed by atoms with Crippen LogP contribution in [0.2, 0.25) is 0 Å². The normalized spacial score (nSPS) is 37.5. The van der Waals surface area contributed by atoms with E-state index in [-0.39, 0.29) is 12.1 Å². The molecule has 20 heavy (non-hydrogen) atoms. The monoisotopic (exact) mass is 283 g/mol. The maximum absolute atomic E-state index is 9.91. The molecule has 2 fully saturated rings. The second kappa shape index (κ2) is 6.73. The van der Waals surface area contributed by atoms with Crippen molar-refractivity contribution in [3.05, 3.63) is 0 Å². The Morgan fingerprint density at radius 1 is 1.35 bits per heavy atom. The van der Waals surface area contributed by atoms with Gasteiger partial charge in [0.1, 0.15) is 0 Å². The molecule has 0 aromatic heterocycles. The lowest BCUT2D eigenvalue weighted by Crippen LogP contribution is -2.60. The van der Waals surface area contributed by atoms with Crippen molar-refractivity contribution in [2.24, 2.45) is 0 Å². The maximum atomic E-state index is 9.91. The molecule has 0 amide bonds. The van der Waals surface area contributed by atoms with Gasteiger partial charge in [0.15, 0.2) is 0 Å². The fourth-order valence-corrected chi connectivity index (χ4v) is 3.98. The minimum absolute atomic E-state index is 0.0519. The SMILES string of the molecule is CC(C)NC1(CO)CCCC(N2CCN(C)C(C)C2)C1. The lowest BCUT2D eigenvalue weighted by Gasteiger charge is -2.48. The smallest absolute Gasteiger partial charge is 0.0613 e. The lowest BCUT2D eigenvalue weighted by atomic mass is 9.78. The van der Waals surface area contributed by atoms with Crippen molar-refractivity contribution in [3.63, 3.8) is 0 Å². The van der Waals surface area contributed by atoms with Gasteiger partial charge in [-0.2, -0.15) is 0 Å². The van der Waals surface area contributed by atoms with Crippen LogP contribution >= 0.6 is 0 Å². The summed E-state index contributed by atoms with van der Waals surface area (Å²) in [6.07, 6.45) is 4.73. The molecule has 1 heterocycles. The maximum Gasteiger partial charge on any atom is 0.0613 e. The van der Waals surface area contributed by atoms with Gasteiger partial charge in [0.05, 0.1) is 6.61 Å². The van der Waals surface area contributed by atoms with Crippen LogP contribution in [0.4, 0.5) is 0 Å². The lowest BCUT2D eigenvalue weighted by molar-refractivity contribution is 0.0181. The van der Waals surface area contributed by atoms with Gasteiger partial charge in [0.2, 0.25) is 0 Å². The van der Waals surface area contributed by atoms with E-state index in [1.165, 1.54) is 32.5 Å². The Balaban J connectivity index is 1.99. The standard InChI is InChI=1S/C16H33N3O/c1-13(2)17-16(12-20)7-5-6-15(10-16)19-9-8-18(4)14(3)11-19/h13-15,17,20H,5-12H2,1-4H3. The third-order valence-electron chi connectivity index (χ3n) is 5.22. The fraction of sp³-hybridized carbons (Fsp3) is 1.00. The van der Waals surface area contributed by atoms with Crippen LogP contribution < -0.4 is 5.32 Å². The van der Waals surface area contributed by atoms with E-state index >= 15 is 0 Å². The van der Waals surface area contributed by atoms with Crippen molar-refractivity contribution in [1.29, 1.82) is 0 Å². The number of hydrogen-bond donors (Lipinski definition) is 2. The number of aliphatic hydroxyl groups excluding tert-OH is 1. The summed E-state index contributed by atoms with van der Waals surface area (Å²) in [5, 5.41) is 13.6. The average Bonchev–Trinajstić information content (AvgIpc) is 2.41. The molecule has 3 atom stereocenters. The molecular weight excluding hydrogens is 250 g/mol. The van der Waals surface area contributed by atoms with E-state index in [1.54, 1.807) is 0 Å². The van der Waals surface area contributed by atoms with Crippen molar-refractivity contribution in [3.8, 4) is 0 Å². The summed E-state index contributed by atoms with van der Waals surface area (Å²) in [5.41, 5.74) is -0.0519. The summed E-state index contributed by atoms with van der Waals surface area (Å²) in [4.78, 5) is 5.11. The summed E-state index contributed by atoms with van der Waals surface area (Å²) in [6, 6.07) is 1.72. The van der Waals surface area contributed by atoms with Gasteiger partial charge < -0.3 is 15.3 Å². The summed E-state index contributed by atoms with van der Waals surface area (Å²) >= 11 is 0. The Kier molecular flexibility index (Phi) is 5.46. The van der Waals surface area contributed by atoms with Crippen LogP contribution in [-0.4, -0.2) is 71.9 Å². The molecule has 4 nitrogen and oxygen atoms in total. The number of likely N-dealkylation sites (N-methyl/N-ethyl adjacent to an activating group) is 1. The topological polar surface area (TPSA) is 38.7 Å². The predicted octanol–water partition coefficient (Wildman–Crippen LogP) is 1.29. The van der Waals surface area contributed by atoms with E-state index in [0.717, 1.165) is 12.8 Å². The number of aliphatic hydroxyl groups is 1. The molecule has 3 unspecified atom stereocenters. The summed E-state index contributed by atoms with van der Waals surface area (Å²) in [5.74, 6) is 0. The zero-order valence-electron chi connectivity index (χ0n) is 13.7. The quantitative estimate of drug-likeness (QED) is 0.815. The van der Waals surface area contributed by atoms with Crippen LogP contribution in [0.25, 0.3) is 0 Å². The van der Waals surface area contributed by atoms with Crippen LogP contribution in [-0.2, 0) is 0 Å². The molecule has 1 aliphatic heterocycles. The van der Waals surface area contributed by atoms with E-state index < -0.39 is 0 Å². The largest absolute Gasteiger partial charge is 0.394 e. The van der Waals surface area contributed by atoms with Gasteiger partial charge in [0, 0.05) is 43.3 Å². The van der Waals surface area contributed by atoms with Crippen LogP contribution in [0.5, 0.6) is 0 Å². The number of hydrogen-bond acceptors (Lipinski definition) is 4. The molecule has 2 rings (SSSR count). The predicted molar refractivity (Wildman–Crippen MR) is 84.0 cm³/mol. The minimum atomic E-state index is -0.0519. The molecule has 0 radical (unpaired) electrons. The Morgan fingerprint density at radius 2 is 2.10 bits per heavy atom. The Hall–Kier alpha value is -0.160. The van der Waals surface area contributed by atoms with Gasteiger partial charge in [-0.1, -0.05) is 13.8 Å². The first kappa shape index (κ1) is 16.2. The Bertz CT molecular complexity index is 310. The van der Waals surface area contributed by atoms with Crippen LogP contribution in [0, 0.1) is 0 Å². The highest BCUT2D eigenvalue weighted by Crippen LogP contribution is 2.32. The van der Waals surface area contributed by atoms with Crippen molar-refractivity contribution in [1.82, 2.24) is 15.1 Å². The van der Waals surface area contributed by atoms with Crippen molar-refractivity contribution in [2.75, 3.05) is 33.3 Å². The third kappa shape index (κ3) is 3.73. The fourth-order valence-electron chi connectivity index (χ4n) is 3.98. The van der Waals surface area contributed by atoms with Crippen molar-refractivity contribution in [2.45, 2.75) is 70.1 Å². The molecule has 0 spiro atoms. The number of nitrogens with zero attached hydrogens (tertiary/aromatic N) is 2. The van der Waals surface area contributed by atoms with E-state index in [2.05, 4.69) is 42.9 Å². The highest BCUT2D eigenvalue weighted by molar-refractivity contribution is 4.98. The molecule has 118 valence electrons. The highest BCUT2D eigenvalue weighted by Gasteiger charge is 2.39.